The molecule has 29 heteroatoms. The van der Waals surface area contributed by atoms with Crippen LogP contribution in [0.2, 0.25) is 0 Å². The van der Waals surface area contributed by atoms with E-state index in [9.17, 15) is 28.8 Å². The maximum atomic E-state index is 12.9. The number of amides is 3. The number of aromatic amines is 3. The van der Waals surface area contributed by atoms with Crippen LogP contribution in [0.25, 0.3) is 89.7 Å². The molecule has 0 aliphatic heterocycles. The fourth-order valence-electron chi connectivity index (χ4n) is 12.1. The molecule has 11 aromatic rings. The zero-order valence-electron chi connectivity index (χ0n) is 55.8. The largest absolute Gasteiger partial charge is 0.493 e. The van der Waals surface area contributed by atoms with Crippen molar-refractivity contribution in [2.24, 2.45) is 27.1 Å². The highest BCUT2D eigenvalue weighted by molar-refractivity contribution is 5.92. The van der Waals surface area contributed by atoms with Gasteiger partial charge in [-0.15, -0.1) is 0 Å². The summed E-state index contributed by atoms with van der Waals surface area (Å²) in [5, 5.41) is 39.9. The number of furan rings is 1. The Balaban J connectivity index is 0.000000159. The number of carbonyl (C=O) groups excluding carboxylic acids is 3. The van der Waals surface area contributed by atoms with Gasteiger partial charge in [-0.05, 0) is 143 Å². The van der Waals surface area contributed by atoms with Crippen LogP contribution >= 0.6 is 0 Å². The number of nitrogens with zero attached hydrogens (tertiary/aromatic N) is 10. The van der Waals surface area contributed by atoms with Crippen molar-refractivity contribution in [3.05, 3.63) is 150 Å². The molecule has 1 aliphatic rings. The maximum absolute atomic E-state index is 12.9. The molecule has 1 fully saturated rings. The summed E-state index contributed by atoms with van der Waals surface area (Å²) in [6.07, 6.45) is 9.49. The molecule has 98 heavy (non-hydrogen) atoms. The number of rotatable bonds is 21. The molecule has 29 nitrogen and oxygen atoms in total. The van der Waals surface area contributed by atoms with Gasteiger partial charge in [-0.25, -0.2) is 31.4 Å². The molecular formula is C69H78N16O13. The number of hydrogen-bond donors (Lipinski definition) is 9. The molecule has 9 N–H and O–H groups in total. The predicted octanol–water partition coefficient (Wildman–Crippen LogP) is 9.36. The summed E-state index contributed by atoms with van der Waals surface area (Å²) in [4.78, 5) is 101. The SMILES string of the molecule is CCCc1nn(C)c2c(=O)[nH]c(-c3cc(-c4ccc(C(=O)NO)nc4)ccc3OCC)nc12.CCCc1nn(C)c2c(=O)[nH]c(-c3cc(-c4ccc(C(=O)NO)o4)ccc3OCC)nc12.CCCc1nn(C)c2c(=O)[nH]c(-c3cc(C4CCC(C(=O)NO)CC4)ccc3OCC)nc12. The van der Waals surface area contributed by atoms with Crippen LogP contribution < -0.4 is 47.3 Å². The Morgan fingerprint density at radius 2 is 0.949 bits per heavy atom. The Hall–Kier alpha value is -11.2. The third-order valence-corrected chi connectivity index (χ3v) is 16.7. The van der Waals surface area contributed by atoms with Crippen molar-refractivity contribution in [3.8, 4) is 73.9 Å². The van der Waals surface area contributed by atoms with Crippen molar-refractivity contribution in [2.75, 3.05) is 19.8 Å². The van der Waals surface area contributed by atoms with E-state index in [0.29, 0.717) is 123 Å². The molecule has 0 spiro atoms. The van der Waals surface area contributed by atoms with Gasteiger partial charge in [0.2, 0.25) is 5.91 Å². The molecule has 1 saturated carbocycles. The number of aryl methyl sites for hydroxylation is 6. The van der Waals surface area contributed by atoms with Crippen LogP contribution in [-0.4, -0.2) is 117 Å². The number of pyridine rings is 1. The number of hydroxylamine groups is 3. The predicted molar refractivity (Wildman–Crippen MR) is 363 cm³/mol. The summed E-state index contributed by atoms with van der Waals surface area (Å²) in [5.74, 6) is 1.73. The van der Waals surface area contributed by atoms with Gasteiger partial charge < -0.3 is 33.6 Å². The third-order valence-electron chi connectivity index (χ3n) is 16.7. The minimum Gasteiger partial charge on any atom is -0.493 e. The van der Waals surface area contributed by atoms with Crippen molar-refractivity contribution in [3.63, 3.8) is 0 Å². The highest BCUT2D eigenvalue weighted by Gasteiger charge is 2.29. The fraction of sp³-hybridized carbons (Fsp3) is 0.348. The number of ether oxygens (including phenoxy) is 3. The van der Waals surface area contributed by atoms with Gasteiger partial charge in [-0.1, -0.05) is 58.2 Å². The van der Waals surface area contributed by atoms with E-state index in [1.807, 2.05) is 58.0 Å². The second-order valence-electron chi connectivity index (χ2n) is 23.3. The van der Waals surface area contributed by atoms with Crippen molar-refractivity contribution in [1.29, 1.82) is 0 Å². The molecule has 512 valence electrons. The molecule has 0 saturated heterocycles. The fourth-order valence-corrected chi connectivity index (χ4v) is 12.1. The Labute approximate surface area is 560 Å². The lowest BCUT2D eigenvalue weighted by atomic mass is 9.78. The van der Waals surface area contributed by atoms with Crippen LogP contribution in [-0.2, 0) is 45.2 Å². The first-order valence-corrected chi connectivity index (χ1v) is 32.5. The quantitative estimate of drug-likeness (QED) is 0.0239. The number of hydrogen-bond acceptors (Lipinski definition) is 20. The van der Waals surface area contributed by atoms with Crippen molar-refractivity contribution >= 4 is 50.8 Å². The Morgan fingerprint density at radius 1 is 0.520 bits per heavy atom. The van der Waals surface area contributed by atoms with Gasteiger partial charge in [0.15, 0.2) is 22.3 Å². The van der Waals surface area contributed by atoms with Crippen LogP contribution in [0, 0.1) is 5.92 Å². The third kappa shape index (κ3) is 14.8. The number of carbonyl (C=O) groups is 3. The van der Waals surface area contributed by atoms with E-state index in [1.165, 1.54) is 23.8 Å². The molecule has 12 rings (SSSR count). The van der Waals surface area contributed by atoms with E-state index < -0.39 is 11.8 Å². The molecule has 0 unspecified atom stereocenters. The van der Waals surface area contributed by atoms with Crippen LogP contribution in [0.5, 0.6) is 17.2 Å². The molecule has 1 aliphatic carbocycles. The van der Waals surface area contributed by atoms with Crippen LogP contribution in [0.15, 0.2) is 104 Å². The minimum atomic E-state index is -0.751. The monoisotopic (exact) mass is 1340 g/mol. The number of aromatic nitrogens is 13. The molecule has 8 heterocycles. The highest BCUT2D eigenvalue weighted by atomic mass is 16.5. The summed E-state index contributed by atoms with van der Waals surface area (Å²) >= 11 is 0. The summed E-state index contributed by atoms with van der Waals surface area (Å²) in [5.41, 5.74) is 14.8. The summed E-state index contributed by atoms with van der Waals surface area (Å²) < 4.78 is 27.7. The van der Waals surface area contributed by atoms with Gasteiger partial charge >= 0.3 is 5.91 Å². The Morgan fingerprint density at radius 3 is 1.37 bits per heavy atom. The van der Waals surface area contributed by atoms with Gasteiger partial charge in [-0.3, -0.25) is 63.4 Å². The minimum absolute atomic E-state index is 0.0366. The van der Waals surface area contributed by atoms with E-state index in [2.05, 4.69) is 55.1 Å². The maximum Gasteiger partial charge on any atom is 0.310 e. The van der Waals surface area contributed by atoms with Gasteiger partial charge in [0.05, 0.1) is 53.6 Å². The van der Waals surface area contributed by atoms with Gasteiger partial charge in [-0.2, -0.15) is 15.3 Å². The number of nitrogens with one attached hydrogen (secondary N) is 6. The number of benzene rings is 3. The van der Waals surface area contributed by atoms with Crippen LogP contribution in [0.3, 0.4) is 0 Å². The Kier molecular flexibility index (Phi) is 22.1. The summed E-state index contributed by atoms with van der Waals surface area (Å²) in [7, 11) is 5.22. The van der Waals surface area contributed by atoms with Gasteiger partial charge in [0.1, 0.15) is 62.7 Å². The normalized spacial score (nSPS) is 13.6. The van der Waals surface area contributed by atoms with Gasteiger partial charge in [0, 0.05) is 44.4 Å². The lowest BCUT2D eigenvalue weighted by Crippen LogP contribution is -2.30. The highest BCUT2D eigenvalue weighted by Crippen LogP contribution is 2.40. The zero-order valence-corrected chi connectivity index (χ0v) is 55.8. The Bertz CT molecular complexity index is 4900. The average Bonchev–Trinajstić information content (AvgIpc) is 1.54. The molecule has 3 aromatic carbocycles. The average molecular weight is 1340 g/mol. The van der Waals surface area contributed by atoms with E-state index in [1.54, 1.807) is 76.5 Å². The molecule has 0 radical (unpaired) electrons. The zero-order chi connectivity index (χ0) is 69.9. The molecule has 0 atom stereocenters. The molecular weight excluding hydrogens is 1260 g/mol. The van der Waals surface area contributed by atoms with E-state index in [0.717, 1.165) is 90.7 Å². The van der Waals surface area contributed by atoms with E-state index in [4.69, 9.17) is 49.2 Å². The lowest BCUT2D eigenvalue weighted by molar-refractivity contribution is -0.134. The van der Waals surface area contributed by atoms with Crippen LogP contribution in [0.4, 0.5) is 0 Å². The standard InChI is InChI=1S/C24H31N5O4.C23H24N6O4.C22H23N5O5/c1-4-6-18-20-21(29(3)27-18)24(31)26-22(25-20)17-13-16(11-12-19(17)33-5-2)14-7-9-15(10-8-14)23(30)28-32;1-4-6-16-19-20(29(3)27-16)23(31)26-21(25-19)15-11-13(8-10-18(15)33-5-2)14-7-9-17(24-12-14)22(30)28-32;1-4-6-14-18-19(27(3)25-14)22(29)24-20(23-18)13-11-12(7-8-16(13)31-5-2)15-9-10-17(32-15)21(28)26-30/h11-15,32H,4-10H2,1-3H3,(H,28,30)(H,25,26,31);7-12,32H,4-6H2,1-3H3,(H,28,30)(H,25,26,31);7-11,30H,4-6H2,1-3H3,(H,26,28)(H,23,24,29). The summed E-state index contributed by atoms with van der Waals surface area (Å²) in [6, 6.07) is 23.1. The topological polar surface area (TPSA) is 392 Å². The lowest BCUT2D eigenvalue weighted by Gasteiger charge is -2.28. The second-order valence-corrected chi connectivity index (χ2v) is 23.3. The smallest absolute Gasteiger partial charge is 0.310 e. The van der Waals surface area contributed by atoms with Crippen molar-refractivity contribution in [2.45, 2.75) is 112 Å². The number of fused-ring (bicyclic) bond motifs is 3. The molecule has 0 bridgehead atoms. The number of H-pyrrole nitrogens is 3. The molecule has 8 aromatic heterocycles. The van der Waals surface area contributed by atoms with E-state index in [-0.39, 0.29) is 45.9 Å². The van der Waals surface area contributed by atoms with Crippen LogP contribution in [0.1, 0.15) is 136 Å². The molecule has 3 amide bonds. The van der Waals surface area contributed by atoms with Crippen molar-refractivity contribution < 1.29 is 48.6 Å². The van der Waals surface area contributed by atoms with E-state index >= 15 is 0 Å². The first-order valence-electron chi connectivity index (χ1n) is 32.5. The van der Waals surface area contributed by atoms with Crippen molar-refractivity contribution in [1.82, 2.24) is 80.7 Å². The van der Waals surface area contributed by atoms with Gasteiger partial charge in [0.25, 0.3) is 22.6 Å². The first kappa shape index (κ1) is 69.7. The first-order chi connectivity index (χ1) is 47.4. The second kappa shape index (κ2) is 31.1. The summed E-state index contributed by atoms with van der Waals surface area (Å²) in [6.45, 7) is 13.2.